The van der Waals surface area contributed by atoms with Crippen LogP contribution in [-0.2, 0) is 11.2 Å². The van der Waals surface area contributed by atoms with E-state index in [1.54, 1.807) is 32.0 Å². The summed E-state index contributed by atoms with van der Waals surface area (Å²) in [5.74, 6) is -0.833. The number of anilines is 1. The van der Waals surface area contributed by atoms with Crippen LogP contribution < -0.4 is 5.32 Å². The third kappa shape index (κ3) is 3.07. The molecule has 21 heavy (non-hydrogen) atoms. The number of carbonyl (C=O) groups is 1. The number of benzene rings is 1. The normalized spacial score (nSPS) is 22.2. The van der Waals surface area contributed by atoms with Gasteiger partial charge < -0.3 is 5.32 Å². The van der Waals surface area contributed by atoms with Crippen LogP contribution in [0.3, 0.4) is 0 Å². The molecule has 1 amide bonds. The molecule has 1 aliphatic carbocycles. The number of likely N-dealkylation sites (N-methyl/N-ethyl adjacent to an activating group) is 1. The quantitative estimate of drug-likeness (QED) is 0.924. The molecule has 0 saturated carbocycles. The fourth-order valence-electron chi connectivity index (χ4n) is 2.64. The Labute approximate surface area is 124 Å². The van der Waals surface area contributed by atoms with Crippen molar-refractivity contribution in [2.75, 3.05) is 19.4 Å². The summed E-state index contributed by atoms with van der Waals surface area (Å²) >= 11 is 0. The molecule has 1 N–H and O–H groups in total. The molecule has 2 rings (SSSR count). The van der Waals surface area contributed by atoms with Gasteiger partial charge in [-0.3, -0.25) is 9.69 Å². The van der Waals surface area contributed by atoms with Crippen LogP contribution in [0.25, 0.3) is 0 Å². The first kappa shape index (κ1) is 15.9. The SMILES string of the molecule is CCC1Cc2c(F)cc(NC(=O)C(C)N(C)C)cc2C1F. The highest BCUT2D eigenvalue weighted by Gasteiger charge is 2.34. The van der Waals surface area contributed by atoms with Crippen LogP contribution >= 0.6 is 0 Å². The summed E-state index contributed by atoms with van der Waals surface area (Å²) in [6, 6.07) is 2.51. The van der Waals surface area contributed by atoms with E-state index >= 15 is 0 Å². The van der Waals surface area contributed by atoms with Gasteiger partial charge in [0.1, 0.15) is 12.0 Å². The summed E-state index contributed by atoms with van der Waals surface area (Å²) in [5.41, 5.74) is 1.16. The lowest BCUT2D eigenvalue weighted by Crippen LogP contribution is -2.37. The lowest BCUT2D eigenvalue weighted by molar-refractivity contribution is -0.119. The van der Waals surface area contributed by atoms with Crippen LogP contribution in [0, 0.1) is 11.7 Å². The highest BCUT2D eigenvalue weighted by molar-refractivity contribution is 5.94. The van der Waals surface area contributed by atoms with Gasteiger partial charge in [-0.25, -0.2) is 8.78 Å². The maximum atomic E-state index is 14.3. The van der Waals surface area contributed by atoms with Gasteiger partial charge in [0, 0.05) is 5.69 Å². The Morgan fingerprint density at radius 2 is 2.14 bits per heavy atom. The molecule has 3 nitrogen and oxygen atoms in total. The zero-order valence-electron chi connectivity index (χ0n) is 12.9. The average Bonchev–Trinajstić information content (AvgIpc) is 2.75. The van der Waals surface area contributed by atoms with Crippen molar-refractivity contribution in [3.8, 4) is 0 Å². The molecule has 116 valence electrons. The largest absolute Gasteiger partial charge is 0.325 e. The predicted octanol–water partition coefficient (Wildman–Crippen LogP) is 3.31. The fraction of sp³-hybridized carbons (Fsp3) is 0.562. The lowest BCUT2D eigenvalue weighted by Gasteiger charge is -2.19. The standard InChI is InChI=1S/C16H22F2N2O/c1-5-10-6-12-13(15(10)18)7-11(8-14(12)17)19-16(21)9(2)20(3)4/h7-10,15H,5-6H2,1-4H3,(H,19,21). The third-order valence-electron chi connectivity index (χ3n) is 4.35. The summed E-state index contributed by atoms with van der Waals surface area (Å²) < 4.78 is 28.4. The highest BCUT2D eigenvalue weighted by atomic mass is 19.1. The van der Waals surface area contributed by atoms with Gasteiger partial charge in [0.15, 0.2) is 0 Å². The van der Waals surface area contributed by atoms with Gasteiger partial charge in [0.25, 0.3) is 0 Å². The van der Waals surface area contributed by atoms with Gasteiger partial charge in [-0.2, -0.15) is 0 Å². The van der Waals surface area contributed by atoms with Gasteiger partial charge in [0.05, 0.1) is 6.04 Å². The molecule has 5 heteroatoms. The molecule has 0 heterocycles. The molecule has 3 atom stereocenters. The zero-order chi connectivity index (χ0) is 15.7. The van der Waals surface area contributed by atoms with E-state index in [1.807, 2.05) is 6.92 Å². The number of alkyl halides is 1. The first-order chi connectivity index (χ1) is 9.85. The van der Waals surface area contributed by atoms with E-state index in [9.17, 15) is 13.6 Å². The van der Waals surface area contributed by atoms with Gasteiger partial charge in [-0.05, 0) is 63.0 Å². The van der Waals surface area contributed by atoms with Crippen LogP contribution in [0.2, 0.25) is 0 Å². The number of nitrogens with one attached hydrogen (secondary N) is 1. The molecule has 0 bridgehead atoms. The zero-order valence-corrected chi connectivity index (χ0v) is 12.9. The van der Waals surface area contributed by atoms with Crippen LogP contribution in [-0.4, -0.2) is 30.9 Å². The second-order valence-electron chi connectivity index (χ2n) is 5.93. The van der Waals surface area contributed by atoms with Crippen LogP contribution in [0.5, 0.6) is 0 Å². The topological polar surface area (TPSA) is 32.3 Å². The Balaban J connectivity index is 2.24. The van der Waals surface area contributed by atoms with E-state index in [-0.39, 0.29) is 17.9 Å². The van der Waals surface area contributed by atoms with Crippen molar-refractivity contribution in [3.63, 3.8) is 0 Å². The molecule has 1 aromatic carbocycles. The van der Waals surface area contributed by atoms with Gasteiger partial charge >= 0.3 is 0 Å². The molecule has 0 fully saturated rings. The molecule has 3 unspecified atom stereocenters. The average molecular weight is 296 g/mol. The van der Waals surface area contributed by atoms with Crippen molar-refractivity contribution >= 4 is 11.6 Å². The Morgan fingerprint density at radius 1 is 1.48 bits per heavy atom. The molecule has 0 aromatic heterocycles. The Morgan fingerprint density at radius 3 is 2.71 bits per heavy atom. The second kappa shape index (κ2) is 6.10. The number of rotatable bonds is 4. The minimum absolute atomic E-state index is 0.166. The molecular formula is C16H22F2N2O. The summed E-state index contributed by atoms with van der Waals surface area (Å²) in [6.45, 7) is 3.66. The Bertz CT molecular complexity index is 545. The summed E-state index contributed by atoms with van der Waals surface area (Å²) in [4.78, 5) is 13.8. The molecular weight excluding hydrogens is 274 g/mol. The number of carbonyl (C=O) groups excluding carboxylic acids is 1. The van der Waals surface area contributed by atoms with Crippen molar-refractivity contribution in [3.05, 3.63) is 29.1 Å². The van der Waals surface area contributed by atoms with Gasteiger partial charge in [0.2, 0.25) is 5.91 Å². The molecule has 0 saturated heterocycles. The third-order valence-corrected chi connectivity index (χ3v) is 4.35. The first-order valence-electron chi connectivity index (χ1n) is 7.28. The van der Waals surface area contributed by atoms with E-state index in [2.05, 4.69) is 5.32 Å². The lowest BCUT2D eigenvalue weighted by atomic mass is 10.0. The smallest absolute Gasteiger partial charge is 0.241 e. The highest BCUT2D eigenvalue weighted by Crippen LogP contribution is 2.42. The first-order valence-corrected chi connectivity index (χ1v) is 7.28. The van der Waals surface area contributed by atoms with Crippen molar-refractivity contribution < 1.29 is 13.6 Å². The number of hydrogen-bond acceptors (Lipinski definition) is 2. The fourth-order valence-corrected chi connectivity index (χ4v) is 2.64. The van der Waals surface area contributed by atoms with E-state index < -0.39 is 12.0 Å². The molecule has 0 radical (unpaired) electrons. The number of fused-ring (bicyclic) bond motifs is 1. The summed E-state index contributed by atoms with van der Waals surface area (Å²) in [5, 5.41) is 2.66. The van der Waals surface area contributed by atoms with Crippen molar-refractivity contribution in [2.45, 2.75) is 38.9 Å². The minimum Gasteiger partial charge on any atom is -0.325 e. The Kier molecular flexibility index (Phi) is 4.61. The molecule has 1 aromatic rings. The van der Waals surface area contributed by atoms with E-state index in [4.69, 9.17) is 0 Å². The number of halogens is 2. The van der Waals surface area contributed by atoms with Crippen molar-refractivity contribution in [1.82, 2.24) is 4.90 Å². The molecule has 1 aliphatic rings. The maximum Gasteiger partial charge on any atom is 0.241 e. The molecule has 0 spiro atoms. The van der Waals surface area contributed by atoms with Crippen molar-refractivity contribution in [2.24, 2.45) is 5.92 Å². The maximum absolute atomic E-state index is 14.3. The van der Waals surface area contributed by atoms with Gasteiger partial charge in [-0.15, -0.1) is 0 Å². The Hall–Kier alpha value is -1.49. The predicted molar refractivity (Wildman–Crippen MR) is 79.5 cm³/mol. The van der Waals surface area contributed by atoms with E-state index in [1.165, 1.54) is 6.07 Å². The minimum atomic E-state index is -1.15. The summed E-state index contributed by atoms with van der Waals surface area (Å²) in [6.07, 6.45) is -0.0434. The monoisotopic (exact) mass is 296 g/mol. The van der Waals surface area contributed by atoms with Crippen molar-refractivity contribution in [1.29, 1.82) is 0 Å². The van der Waals surface area contributed by atoms with Crippen LogP contribution in [0.4, 0.5) is 14.5 Å². The number of amides is 1. The van der Waals surface area contributed by atoms with Crippen LogP contribution in [0.15, 0.2) is 12.1 Å². The van der Waals surface area contributed by atoms with Gasteiger partial charge in [-0.1, -0.05) is 6.92 Å². The summed E-state index contributed by atoms with van der Waals surface area (Å²) in [7, 11) is 3.58. The van der Waals surface area contributed by atoms with Crippen LogP contribution in [0.1, 0.15) is 37.6 Å². The number of nitrogens with zero attached hydrogens (tertiary/aromatic N) is 1. The number of hydrogen-bond donors (Lipinski definition) is 1. The molecule has 0 aliphatic heterocycles. The second-order valence-corrected chi connectivity index (χ2v) is 5.93. The van der Waals surface area contributed by atoms with E-state index in [0.29, 0.717) is 29.7 Å². The van der Waals surface area contributed by atoms with E-state index in [0.717, 1.165) is 0 Å².